The average Bonchev–Trinajstić information content (AvgIpc) is 3.60. The highest BCUT2D eigenvalue weighted by Gasteiger charge is 2.39. The van der Waals surface area contributed by atoms with E-state index in [1.165, 1.54) is 22.6 Å². The average molecular weight is 640 g/mol. The monoisotopic (exact) mass is 639 g/mol. The van der Waals surface area contributed by atoms with Gasteiger partial charge in [-0.2, -0.15) is 0 Å². The van der Waals surface area contributed by atoms with Crippen LogP contribution in [0.1, 0.15) is 40.0 Å². The van der Waals surface area contributed by atoms with Crippen molar-refractivity contribution in [1.29, 1.82) is 5.41 Å². The van der Waals surface area contributed by atoms with Crippen LogP contribution < -0.4 is 21.1 Å². The Morgan fingerprint density at radius 3 is 2.64 bits per heavy atom. The van der Waals surface area contributed by atoms with Gasteiger partial charge in [-0.1, -0.05) is 17.4 Å². The van der Waals surface area contributed by atoms with Crippen LogP contribution in [0.15, 0.2) is 30.6 Å². The third kappa shape index (κ3) is 7.84. The van der Waals surface area contributed by atoms with Gasteiger partial charge in [-0.3, -0.25) is 29.9 Å². The molecule has 2 aliphatic rings. The van der Waals surface area contributed by atoms with Gasteiger partial charge in [0.2, 0.25) is 11.8 Å². The zero-order chi connectivity index (χ0) is 31.8. The molecule has 1 atom stereocenters. The van der Waals surface area contributed by atoms with Gasteiger partial charge in [-0.25, -0.2) is 9.97 Å². The smallest absolute Gasteiger partial charge is 0.258 e. The Balaban J connectivity index is 1.14. The van der Waals surface area contributed by atoms with E-state index in [0.717, 1.165) is 0 Å². The first kappa shape index (κ1) is 32.1. The summed E-state index contributed by atoms with van der Waals surface area (Å²) in [5, 5.41) is 15.0. The number of amides is 4. The van der Waals surface area contributed by atoms with Gasteiger partial charge in [-0.05, 0) is 24.1 Å². The number of piperidine rings is 1. The van der Waals surface area contributed by atoms with Gasteiger partial charge in [-0.15, -0.1) is 0 Å². The predicted octanol–water partition coefficient (Wildman–Crippen LogP) is 0.329. The molecule has 2 aromatic heterocycles. The summed E-state index contributed by atoms with van der Waals surface area (Å²) in [6.45, 7) is 2.45. The molecule has 238 valence electrons. The van der Waals surface area contributed by atoms with Gasteiger partial charge in [0.05, 0.1) is 45.5 Å². The summed E-state index contributed by atoms with van der Waals surface area (Å²) < 4.78 is 21.4. The fraction of sp³-hybridized carbons (Fsp3) is 0.414. The van der Waals surface area contributed by atoms with Crippen LogP contribution in [0.5, 0.6) is 5.06 Å². The number of benzene rings is 1. The van der Waals surface area contributed by atoms with E-state index in [2.05, 4.69) is 20.6 Å². The van der Waals surface area contributed by atoms with Gasteiger partial charge in [0.1, 0.15) is 22.9 Å². The maximum absolute atomic E-state index is 13.0. The molecule has 2 aliphatic heterocycles. The molecule has 16 heteroatoms. The molecule has 0 aliphatic carbocycles. The predicted molar refractivity (Wildman–Crippen MR) is 161 cm³/mol. The summed E-state index contributed by atoms with van der Waals surface area (Å²) in [5.74, 6) is -1.42. The summed E-state index contributed by atoms with van der Waals surface area (Å²) in [7, 11) is 0. The lowest BCUT2D eigenvalue weighted by atomic mass is 10.0. The van der Waals surface area contributed by atoms with Crippen molar-refractivity contribution in [3.05, 3.63) is 53.0 Å². The van der Waals surface area contributed by atoms with Gasteiger partial charge >= 0.3 is 0 Å². The minimum atomic E-state index is -0.718. The normalized spacial score (nSPS) is 16.2. The summed E-state index contributed by atoms with van der Waals surface area (Å²) in [4.78, 5) is 59.9. The number of hydrogen-bond acceptors (Lipinski definition) is 13. The molecule has 15 nitrogen and oxygen atoms in total. The zero-order valence-electron chi connectivity index (χ0n) is 24.3. The first-order chi connectivity index (χ1) is 21.9. The van der Waals surface area contributed by atoms with Crippen molar-refractivity contribution in [3.8, 4) is 5.06 Å². The van der Waals surface area contributed by atoms with Crippen LogP contribution >= 0.6 is 11.3 Å². The largest absolute Gasteiger partial charge is 0.474 e. The van der Waals surface area contributed by atoms with E-state index in [1.807, 2.05) is 0 Å². The van der Waals surface area contributed by atoms with E-state index in [4.69, 9.17) is 30.1 Å². The lowest BCUT2D eigenvalue weighted by Crippen LogP contribution is -2.52. The Kier molecular flexibility index (Phi) is 10.7. The van der Waals surface area contributed by atoms with Crippen LogP contribution in [0.25, 0.3) is 10.2 Å². The van der Waals surface area contributed by atoms with Crippen LogP contribution in [-0.4, -0.2) is 103 Å². The number of nitrogens with one attached hydrogen (secondary N) is 3. The second-order valence-electron chi connectivity index (χ2n) is 10.1. The number of rotatable bonds is 16. The fourth-order valence-corrected chi connectivity index (χ4v) is 5.79. The van der Waals surface area contributed by atoms with Gasteiger partial charge in [0, 0.05) is 42.1 Å². The maximum Gasteiger partial charge on any atom is 0.258 e. The summed E-state index contributed by atoms with van der Waals surface area (Å²) in [6.07, 6.45) is 1.81. The number of carbonyl (C=O) groups excluding carboxylic acids is 4. The first-order valence-electron chi connectivity index (χ1n) is 14.3. The van der Waals surface area contributed by atoms with Crippen molar-refractivity contribution in [2.75, 3.05) is 52.9 Å². The Morgan fingerprint density at radius 2 is 1.87 bits per heavy atom. The number of carbonyl (C=O) groups is 4. The Labute approximate surface area is 261 Å². The van der Waals surface area contributed by atoms with Crippen LogP contribution in [0.4, 0.5) is 0 Å². The minimum absolute atomic E-state index is 0.119. The van der Waals surface area contributed by atoms with Crippen molar-refractivity contribution >= 4 is 50.9 Å². The molecule has 5 N–H and O–H groups in total. The van der Waals surface area contributed by atoms with E-state index < -0.39 is 11.9 Å². The van der Waals surface area contributed by atoms with E-state index in [0.29, 0.717) is 77.2 Å². The summed E-state index contributed by atoms with van der Waals surface area (Å²) in [6, 6.07) is 6.04. The van der Waals surface area contributed by atoms with Crippen molar-refractivity contribution < 1.29 is 38.1 Å². The number of thiophene rings is 1. The Bertz CT molecular complexity index is 1600. The van der Waals surface area contributed by atoms with E-state index in [1.54, 1.807) is 24.3 Å². The highest BCUT2D eigenvalue weighted by atomic mass is 32.1. The van der Waals surface area contributed by atoms with E-state index >= 15 is 0 Å². The third-order valence-corrected chi connectivity index (χ3v) is 8.09. The number of nitrogens with two attached hydrogens (primary N) is 1. The van der Waals surface area contributed by atoms with E-state index in [-0.39, 0.29) is 56.2 Å². The second kappa shape index (κ2) is 15.1. The van der Waals surface area contributed by atoms with Crippen molar-refractivity contribution in [2.24, 2.45) is 5.73 Å². The maximum atomic E-state index is 13.0. The number of hydrogen-bond donors (Lipinski definition) is 4. The minimum Gasteiger partial charge on any atom is -0.474 e. The molecule has 1 saturated heterocycles. The second-order valence-corrected chi connectivity index (χ2v) is 11.1. The van der Waals surface area contributed by atoms with Crippen LogP contribution in [-0.2, 0) is 35.1 Å². The van der Waals surface area contributed by atoms with Crippen LogP contribution in [0, 0.1) is 5.41 Å². The Hall–Kier alpha value is -4.35. The molecule has 0 spiro atoms. The number of imide groups is 1. The van der Waals surface area contributed by atoms with Crippen LogP contribution in [0.2, 0.25) is 0 Å². The van der Waals surface area contributed by atoms with Crippen molar-refractivity contribution in [2.45, 2.75) is 25.4 Å². The van der Waals surface area contributed by atoms with Gasteiger partial charge < -0.3 is 34.9 Å². The standard InChI is InChI=1S/C29H33N7O8S/c30-15-43-10-9-42-8-7-41-6-5-32-23(38)14-44-24-12-20-26(33-16-34-28(20)45-24)25(31)17-1-2-19-18(11-17)13-36(29(19)40)21-3-4-22(37)35-27(21)39/h1-2,11-12,16,21,31H,3-10,13-15,30H2,(H,32,38)(H,35,37,39). The zero-order valence-corrected chi connectivity index (χ0v) is 25.2. The lowest BCUT2D eigenvalue weighted by Gasteiger charge is -2.29. The molecular formula is C29H33N7O8S. The quantitative estimate of drug-likeness (QED) is 0.0727. The SMILES string of the molecule is N=C(c1ccc2c(c1)CN(C1CCC(=O)NC1=O)C2=O)c1ncnc2sc(OCC(=O)NCCOCCOCCOCN)cc12. The van der Waals surface area contributed by atoms with Gasteiger partial charge in [0.25, 0.3) is 11.8 Å². The Morgan fingerprint density at radius 1 is 1.09 bits per heavy atom. The van der Waals surface area contributed by atoms with E-state index in [9.17, 15) is 19.2 Å². The molecule has 0 bridgehead atoms. The molecule has 0 radical (unpaired) electrons. The summed E-state index contributed by atoms with van der Waals surface area (Å²) in [5.41, 5.74) is 7.39. The van der Waals surface area contributed by atoms with Gasteiger partial charge in [0.15, 0.2) is 11.7 Å². The lowest BCUT2D eigenvalue weighted by molar-refractivity contribution is -0.137. The highest BCUT2D eigenvalue weighted by Crippen LogP contribution is 2.33. The molecule has 1 fully saturated rings. The molecule has 5 rings (SSSR count). The molecule has 3 aromatic rings. The molecule has 45 heavy (non-hydrogen) atoms. The third-order valence-electron chi connectivity index (χ3n) is 7.13. The number of ether oxygens (including phenoxy) is 4. The molecule has 1 unspecified atom stereocenters. The van der Waals surface area contributed by atoms with Crippen LogP contribution in [0.3, 0.4) is 0 Å². The highest BCUT2D eigenvalue weighted by molar-refractivity contribution is 7.20. The fourth-order valence-electron chi connectivity index (χ4n) is 4.94. The number of nitrogens with zero attached hydrogens (tertiary/aromatic N) is 3. The molecule has 0 saturated carbocycles. The molecule has 4 amide bonds. The number of fused-ring (bicyclic) bond motifs is 2. The van der Waals surface area contributed by atoms with Crippen molar-refractivity contribution in [3.63, 3.8) is 0 Å². The van der Waals surface area contributed by atoms with Crippen molar-refractivity contribution in [1.82, 2.24) is 25.5 Å². The topological polar surface area (TPSA) is 208 Å². The molecule has 4 heterocycles. The number of aromatic nitrogens is 2. The first-order valence-corrected chi connectivity index (χ1v) is 15.1. The molecule has 1 aromatic carbocycles. The summed E-state index contributed by atoms with van der Waals surface area (Å²) >= 11 is 1.23. The molecular weight excluding hydrogens is 606 g/mol.